The lowest BCUT2D eigenvalue weighted by atomic mass is 10.1. The lowest BCUT2D eigenvalue weighted by Crippen LogP contribution is -2.33. The minimum absolute atomic E-state index is 0.0747. The van der Waals surface area contributed by atoms with Crippen LogP contribution in [0.25, 0.3) is 0 Å². The number of carbonyl (C=O) groups is 2. The fraction of sp³-hybridized carbons (Fsp3) is 0.385. The first-order chi connectivity index (χ1) is 8.61. The Hall–Kier alpha value is -1.91. The van der Waals surface area contributed by atoms with Crippen LogP contribution in [0.1, 0.15) is 23.2 Å². The zero-order valence-corrected chi connectivity index (χ0v) is 10.1. The standard InChI is InChI=1S/C13H14FNO3/c1-18-13(17)11-3-2-9(8-12(11)14)15-6-4-10(16)5-7-15/h2-3,8H,4-7H2,1H3. The molecule has 1 fully saturated rings. The van der Waals surface area contributed by atoms with E-state index in [4.69, 9.17) is 0 Å². The molecule has 0 aromatic heterocycles. The Morgan fingerprint density at radius 3 is 2.56 bits per heavy atom. The van der Waals surface area contributed by atoms with E-state index < -0.39 is 11.8 Å². The zero-order valence-electron chi connectivity index (χ0n) is 10.1. The number of hydrogen-bond donors (Lipinski definition) is 0. The molecule has 0 amide bonds. The van der Waals surface area contributed by atoms with Gasteiger partial charge in [-0.1, -0.05) is 0 Å². The molecule has 0 saturated carbocycles. The molecule has 0 bridgehead atoms. The second kappa shape index (κ2) is 5.16. The van der Waals surface area contributed by atoms with Crippen molar-refractivity contribution in [1.29, 1.82) is 0 Å². The molecule has 0 spiro atoms. The third-order valence-electron chi connectivity index (χ3n) is 3.04. The Labute approximate surface area is 104 Å². The Balaban J connectivity index is 2.18. The van der Waals surface area contributed by atoms with Crippen LogP contribution in [0.4, 0.5) is 10.1 Å². The van der Waals surface area contributed by atoms with Gasteiger partial charge in [-0.25, -0.2) is 9.18 Å². The van der Waals surface area contributed by atoms with Crippen molar-refractivity contribution in [2.75, 3.05) is 25.1 Å². The predicted octanol–water partition coefficient (Wildman–Crippen LogP) is 1.78. The number of anilines is 1. The average molecular weight is 251 g/mol. The van der Waals surface area contributed by atoms with Gasteiger partial charge in [-0.2, -0.15) is 0 Å². The van der Waals surface area contributed by atoms with Crippen LogP contribution in [0.3, 0.4) is 0 Å². The average Bonchev–Trinajstić information content (AvgIpc) is 2.38. The molecular weight excluding hydrogens is 237 g/mol. The summed E-state index contributed by atoms with van der Waals surface area (Å²) in [5.41, 5.74) is 0.613. The van der Waals surface area contributed by atoms with Gasteiger partial charge >= 0.3 is 5.97 Å². The van der Waals surface area contributed by atoms with Crippen LogP contribution in [0.5, 0.6) is 0 Å². The summed E-state index contributed by atoms with van der Waals surface area (Å²) < 4.78 is 18.2. The van der Waals surface area contributed by atoms with E-state index in [-0.39, 0.29) is 11.3 Å². The zero-order chi connectivity index (χ0) is 13.1. The monoisotopic (exact) mass is 251 g/mol. The van der Waals surface area contributed by atoms with Gasteiger partial charge in [-0.15, -0.1) is 0 Å². The van der Waals surface area contributed by atoms with Crippen molar-refractivity contribution in [2.24, 2.45) is 0 Å². The first-order valence-electron chi connectivity index (χ1n) is 5.76. The maximum Gasteiger partial charge on any atom is 0.340 e. The van der Waals surface area contributed by atoms with E-state index in [1.54, 1.807) is 6.07 Å². The summed E-state index contributed by atoms with van der Waals surface area (Å²) in [5.74, 6) is -1.05. The molecule has 0 aliphatic carbocycles. The highest BCUT2D eigenvalue weighted by Gasteiger charge is 2.19. The van der Waals surface area contributed by atoms with Gasteiger partial charge < -0.3 is 9.64 Å². The highest BCUT2D eigenvalue weighted by Crippen LogP contribution is 2.21. The van der Waals surface area contributed by atoms with Crippen LogP contribution >= 0.6 is 0 Å². The van der Waals surface area contributed by atoms with Crippen LogP contribution in [-0.4, -0.2) is 32.0 Å². The summed E-state index contributed by atoms with van der Waals surface area (Å²) in [4.78, 5) is 24.3. The molecule has 1 heterocycles. The van der Waals surface area contributed by atoms with Crippen LogP contribution in [0.2, 0.25) is 0 Å². The van der Waals surface area contributed by atoms with E-state index in [9.17, 15) is 14.0 Å². The van der Waals surface area contributed by atoms with E-state index in [1.807, 2.05) is 4.90 Å². The van der Waals surface area contributed by atoms with Crippen molar-refractivity contribution in [3.63, 3.8) is 0 Å². The maximum absolute atomic E-state index is 13.7. The lowest BCUT2D eigenvalue weighted by molar-refractivity contribution is -0.119. The van der Waals surface area contributed by atoms with Gasteiger partial charge in [0.1, 0.15) is 11.6 Å². The molecule has 0 unspecified atom stereocenters. The molecule has 1 aliphatic heterocycles. The first kappa shape index (κ1) is 12.5. The molecule has 1 saturated heterocycles. The Bertz CT molecular complexity index is 477. The quantitative estimate of drug-likeness (QED) is 0.752. The number of rotatable bonds is 2. The molecule has 1 aliphatic rings. The van der Waals surface area contributed by atoms with Crippen LogP contribution in [0, 0.1) is 5.82 Å². The fourth-order valence-corrected chi connectivity index (χ4v) is 1.99. The van der Waals surface area contributed by atoms with Crippen molar-refractivity contribution < 1.29 is 18.7 Å². The first-order valence-corrected chi connectivity index (χ1v) is 5.76. The highest BCUT2D eigenvalue weighted by atomic mass is 19.1. The number of ketones is 1. The molecule has 1 aromatic carbocycles. The van der Waals surface area contributed by atoms with E-state index >= 15 is 0 Å². The van der Waals surface area contributed by atoms with Crippen molar-refractivity contribution in [1.82, 2.24) is 0 Å². The second-order valence-corrected chi connectivity index (χ2v) is 4.18. The van der Waals surface area contributed by atoms with Crippen LogP contribution in [0.15, 0.2) is 18.2 Å². The fourth-order valence-electron chi connectivity index (χ4n) is 1.99. The number of carbonyl (C=O) groups excluding carboxylic acids is 2. The second-order valence-electron chi connectivity index (χ2n) is 4.18. The van der Waals surface area contributed by atoms with Crippen molar-refractivity contribution >= 4 is 17.4 Å². The smallest absolute Gasteiger partial charge is 0.340 e. The minimum Gasteiger partial charge on any atom is -0.465 e. The molecular formula is C13H14FNO3. The Kier molecular flexibility index (Phi) is 3.60. The number of esters is 1. The SMILES string of the molecule is COC(=O)c1ccc(N2CCC(=O)CC2)cc1F. The molecule has 0 radical (unpaired) electrons. The number of hydrogen-bond acceptors (Lipinski definition) is 4. The highest BCUT2D eigenvalue weighted by molar-refractivity contribution is 5.90. The van der Waals surface area contributed by atoms with E-state index in [2.05, 4.69) is 4.74 Å². The number of nitrogens with zero attached hydrogens (tertiary/aromatic N) is 1. The Morgan fingerprint density at radius 2 is 2.00 bits per heavy atom. The molecule has 96 valence electrons. The molecule has 0 N–H and O–H groups in total. The summed E-state index contributed by atoms with van der Waals surface area (Å²) >= 11 is 0. The number of Topliss-reactive ketones (excluding diaryl/α,β-unsaturated/α-hetero) is 1. The largest absolute Gasteiger partial charge is 0.465 e. The van der Waals surface area contributed by atoms with E-state index in [1.165, 1.54) is 19.2 Å². The molecule has 5 heteroatoms. The van der Waals surface area contributed by atoms with E-state index in [0.29, 0.717) is 31.6 Å². The predicted molar refractivity (Wildman–Crippen MR) is 64.2 cm³/mol. The number of halogens is 1. The van der Waals surface area contributed by atoms with Crippen LogP contribution in [-0.2, 0) is 9.53 Å². The van der Waals surface area contributed by atoms with Gasteiger partial charge in [0.15, 0.2) is 0 Å². The number of ether oxygens (including phenoxy) is 1. The summed E-state index contributed by atoms with van der Waals surface area (Å²) in [6.07, 6.45) is 0.973. The van der Waals surface area contributed by atoms with Crippen molar-refractivity contribution in [2.45, 2.75) is 12.8 Å². The minimum atomic E-state index is -0.687. The van der Waals surface area contributed by atoms with Gasteiger partial charge in [0.25, 0.3) is 0 Å². The van der Waals surface area contributed by atoms with Gasteiger partial charge in [0.05, 0.1) is 12.7 Å². The number of benzene rings is 1. The topological polar surface area (TPSA) is 46.6 Å². The number of piperidine rings is 1. The molecule has 18 heavy (non-hydrogen) atoms. The maximum atomic E-state index is 13.7. The molecule has 2 rings (SSSR count). The molecule has 0 atom stereocenters. The van der Waals surface area contributed by atoms with E-state index in [0.717, 1.165) is 0 Å². The van der Waals surface area contributed by atoms with Crippen molar-refractivity contribution in [3.8, 4) is 0 Å². The molecule has 1 aromatic rings. The summed E-state index contributed by atoms with van der Waals surface area (Å²) in [7, 11) is 1.21. The van der Waals surface area contributed by atoms with Crippen LogP contribution < -0.4 is 4.90 Å². The summed E-state index contributed by atoms with van der Waals surface area (Å²) in [6, 6.07) is 4.39. The van der Waals surface area contributed by atoms with Gasteiger partial charge in [-0.05, 0) is 18.2 Å². The lowest BCUT2D eigenvalue weighted by Gasteiger charge is -2.28. The third-order valence-corrected chi connectivity index (χ3v) is 3.04. The third kappa shape index (κ3) is 2.50. The van der Waals surface area contributed by atoms with Gasteiger partial charge in [-0.3, -0.25) is 4.79 Å². The van der Waals surface area contributed by atoms with Gasteiger partial charge in [0.2, 0.25) is 0 Å². The number of methoxy groups -OCH3 is 1. The normalized spacial score (nSPS) is 15.7. The van der Waals surface area contributed by atoms with Crippen molar-refractivity contribution in [3.05, 3.63) is 29.6 Å². The van der Waals surface area contributed by atoms with Gasteiger partial charge in [0, 0.05) is 31.6 Å². The Morgan fingerprint density at radius 1 is 1.33 bits per heavy atom. The summed E-state index contributed by atoms with van der Waals surface area (Å²) in [5, 5.41) is 0. The summed E-state index contributed by atoms with van der Waals surface area (Å²) in [6.45, 7) is 1.19. The molecule has 4 nitrogen and oxygen atoms in total.